The minimum absolute atomic E-state index is 0.125. The van der Waals surface area contributed by atoms with E-state index in [2.05, 4.69) is 22.4 Å². The molecular weight excluding hydrogens is 192 g/mol. The van der Waals surface area contributed by atoms with E-state index in [0.29, 0.717) is 12.1 Å². The second-order valence-corrected chi connectivity index (χ2v) is 4.22. The zero-order chi connectivity index (χ0) is 10.7. The van der Waals surface area contributed by atoms with Crippen LogP contribution in [0.1, 0.15) is 39.0 Å². The summed E-state index contributed by atoms with van der Waals surface area (Å²) in [5, 5.41) is 10.6. The number of nitrogens with zero attached hydrogens (tertiary/aromatic N) is 2. The molecule has 1 fully saturated rings. The van der Waals surface area contributed by atoms with E-state index in [0.717, 1.165) is 5.92 Å². The molecule has 0 bridgehead atoms. The highest BCUT2D eigenvalue weighted by Crippen LogP contribution is 2.28. The molecule has 1 aromatic heterocycles. The second kappa shape index (κ2) is 4.51. The van der Waals surface area contributed by atoms with Crippen molar-refractivity contribution in [3.63, 3.8) is 0 Å². The fourth-order valence-corrected chi connectivity index (χ4v) is 2.18. The van der Waals surface area contributed by atoms with Crippen LogP contribution < -0.4 is 11.1 Å². The Hall–Kier alpha value is -1.26. The van der Waals surface area contributed by atoms with Crippen molar-refractivity contribution in [3.8, 4) is 0 Å². The average molecular weight is 210 g/mol. The molecule has 1 saturated carbocycles. The lowest BCUT2D eigenvalue weighted by Gasteiger charge is -2.27. The largest absolute Gasteiger partial charge is 0.390 e. The topological polar surface area (TPSA) is 77.0 Å². The molecule has 0 atom stereocenters. The van der Waals surface area contributed by atoms with Crippen LogP contribution in [0.5, 0.6) is 0 Å². The maximum Gasteiger partial charge on any atom is 0.317 e. The first kappa shape index (κ1) is 10.3. The summed E-state index contributed by atoms with van der Waals surface area (Å²) in [5.41, 5.74) is 5.35. The molecule has 1 aliphatic rings. The zero-order valence-electron chi connectivity index (χ0n) is 9.07. The highest BCUT2D eigenvalue weighted by Gasteiger charge is 2.20. The standard InChI is InChI=1S/C10H18N4O/c1-2-7-3-5-8(6-4-7)12-10-14-13-9(11)15-10/h7-8H,2-6H2,1H3,(H2,11,13)(H,12,14). The molecule has 1 heterocycles. The van der Waals surface area contributed by atoms with E-state index in [1.165, 1.54) is 32.1 Å². The SMILES string of the molecule is CCC1CCC(Nc2nnc(N)o2)CC1. The predicted molar refractivity (Wildman–Crippen MR) is 58.4 cm³/mol. The Morgan fingerprint density at radius 1 is 1.33 bits per heavy atom. The Kier molecular flexibility index (Phi) is 3.08. The molecule has 1 aliphatic carbocycles. The fraction of sp³-hybridized carbons (Fsp3) is 0.800. The Morgan fingerprint density at radius 2 is 2.07 bits per heavy atom. The third-order valence-corrected chi connectivity index (χ3v) is 3.19. The molecule has 5 nitrogen and oxygen atoms in total. The summed E-state index contributed by atoms with van der Waals surface area (Å²) in [6, 6.07) is 1.04. The summed E-state index contributed by atoms with van der Waals surface area (Å²) in [7, 11) is 0. The maximum absolute atomic E-state index is 5.35. The van der Waals surface area contributed by atoms with Gasteiger partial charge in [-0.25, -0.2) is 0 Å². The smallest absolute Gasteiger partial charge is 0.317 e. The number of anilines is 2. The van der Waals surface area contributed by atoms with Gasteiger partial charge in [0.1, 0.15) is 0 Å². The average Bonchev–Trinajstić information content (AvgIpc) is 2.65. The van der Waals surface area contributed by atoms with Crippen LogP contribution in [0.15, 0.2) is 4.42 Å². The van der Waals surface area contributed by atoms with Crippen molar-refractivity contribution in [2.75, 3.05) is 11.1 Å². The molecule has 1 aromatic rings. The monoisotopic (exact) mass is 210 g/mol. The van der Waals surface area contributed by atoms with Crippen molar-refractivity contribution in [3.05, 3.63) is 0 Å². The maximum atomic E-state index is 5.35. The number of hydrogen-bond donors (Lipinski definition) is 2. The number of rotatable bonds is 3. The van der Waals surface area contributed by atoms with Gasteiger partial charge in [-0.1, -0.05) is 23.5 Å². The van der Waals surface area contributed by atoms with Gasteiger partial charge in [0.25, 0.3) is 0 Å². The Labute approximate surface area is 89.4 Å². The molecule has 2 rings (SSSR count). The molecular formula is C10H18N4O. The van der Waals surface area contributed by atoms with Crippen molar-refractivity contribution in [2.24, 2.45) is 5.92 Å². The number of nitrogen functional groups attached to an aromatic ring is 1. The van der Waals surface area contributed by atoms with Crippen LogP contribution in [0.3, 0.4) is 0 Å². The molecule has 0 radical (unpaired) electrons. The van der Waals surface area contributed by atoms with E-state index in [-0.39, 0.29) is 6.01 Å². The molecule has 3 N–H and O–H groups in total. The van der Waals surface area contributed by atoms with Gasteiger partial charge in [0.15, 0.2) is 0 Å². The number of nitrogens with two attached hydrogens (primary N) is 1. The number of nitrogens with one attached hydrogen (secondary N) is 1. The van der Waals surface area contributed by atoms with E-state index in [4.69, 9.17) is 10.2 Å². The van der Waals surface area contributed by atoms with Gasteiger partial charge in [-0.05, 0) is 31.6 Å². The lowest BCUT2D eigenvalue weighted by atomic mass is 9.85. The van der Waals surface area contributed by atoms with Crippen molar-refractivity contribution in [2.45, 2.75) is 45.1 Å². The summed E-state index contributed by atoms with van der Waals surface area (Å²) in [4.78, 5) is 0. The van der Waals surface area contributed by atoms with Crippen LogP contribution in [0, 0.1) is 5.92 Å². The number of aromatic nitrogens is 2. The molecule has 15 heavy (non-hydrogen) atoms. The number of hydrogen-bond acceptors (Lipinski definition) is 5. The summed E-state index contributed by atoms with van der Waals surface area (Å²) < 4.78 is 5.08. The molecule has 0 aromatic carbocycles. The van der Waals surface area contributed by atoms with Crippen LogP contribution in [0.4, 0.5) is 12.0 Å². The van der Waals surface area contributed by atoms with Crippen molar-refractivity contribution >= 4 is 12.0 Å². The van der Waals surface area contributed by atoms with E-state index in [9.17, 15) is 0 Å². The zero-order valence-corrected chi connectivity index (χ0v) is 9.07. The molecule has 5 heteroatoms. The Bertz CT molecular complexity index is 304. The van der Waals surface area contributed by atoms with Gasteiger partial charge in [-0.15, -0.1) is 0 Å². The molecule has 0 aliphatic heterocycles. The van der Waals surface area contributed by atoms with Crippen LogP contribution in [-0.4, -0.2) is 16.2 Å². The molecule has 84 valence electrons. The van der Waals surface area contributed by atoms with E-state index in [1.54, 1.807) is 0 Å². The van der Waals surface area contributed by atoms with Gasteiger partial charge >= 0.3 is 12.0 Å². The van der Waals surface area contributed by atoms with Crippen molar-refractivity contribution < 1.29 is 4.42 Å². The third-order valence-electron chi connectivity index (χ3n) is 3.19. The lowest BCUT2D eigenvalue weighted by molar-refractivity contribution is 0.327. The Morgan fingerprint density at radius 3 is 2.60 bits per heavy atom. The highest BCUT2D eigenvalue weighted by atomic mass is 16.4. The van der Waals surface area contributed by atoms with Gasteiger partial charge in [-0.2, -0.15) is 0 Å². The van der Waals surface area contributed by atoms with Gasteiger partial charge in [0.05, 0.1) is 0 Å². The summed E-state index contributed by atoms with van der Waals surface area (Å²) in [6.07, 6.45) is 6.23. The normalized spacial score (nSPS) is 26.5. The fourth-order valence-electron chi connectivity index (χ4n) is 2.18. The van der Waals surface area contributed by atoms with Crippen LogP contribution in [0.25, 0.3) is 0 Å². The van der Waals surface area contributed by atoms with Crippen molar-refractivity contribution in [1.82, 2.24) is 10.2 Å². The minimum atomic E-state index is 0.125. The molecule has 0 unspecified atom stereocenters. The van der Waals surface area contributed by atoms with Crippen LogP contribution in [0.2, 0.25) is 0 Å². The predicted octanol–water partition coefficient (Wildman–Crippen LogP) is 2.03. The van der Waals surface area contributed by atoms with E-state index >= 15 is 0 Å². The molecule has 0 spiro atoms. The molecule has 0 saturated heterocycles. The minimum Gasteiger partial charge on any atom is -0.390 e. The highest BCUT2D eigenvalue weighted by molar-refractivity contribution is 5.24. The van der Waals surface area contributed by atoms with Crippen LogP contribution >= 0.6 is 0 Å². The second-order valence-electron chi connectivity index (χ2n) is 4.22. The third kappa shape index (κ3) is 2.61. The van der Waals surface area contributed by atoms with Crippen molar-refractivity contribution in [1.29, 1.82) is 0 Å². The first-order valence-corrected chi connectivity index (χ1v) is 5.63. The van der Waals surface area contributed by atoms with E-state index < -0.39 is 0 Å². The van der Waals surface area contributed by atoms with Gasteiger partial charge in [0, 0.05) is 6.04 Å². The quantitative estimate of drug-likeness (QED) is 0.798. The van der Waals surface area contributed by atoms with Gasteiger partial charge < -0.3 is 15.5 Å². The van der Waals surface area contributed by atoms with Gasteiger partial charge in [0.2, 0.25) is 0 Å². The van der Waals surface area contributed by atoms with Crippen LogP contribution in [-0.2, 0) is 0 Å². The first-order chi connectivity index (χ1) is 7.28. The lowest BCUT2D eigenvalue weighted by Crippen LogP contribution is -2.26. The summed E-state index contributed by atoms with van der Waals surface area (Å²) in [6.45, 7) is 2.26. The summed E-state index contributed by atoms with van der Waals surface area (Å²) in [5.74, 6) is 0.899. The Balaban J connectivity index is 1.82. The first-order valence-electron chi connectivity index (χ1n) is 5.63. The molecule has 0 amide bonds. The summed E-state index contributed by atoms with van der Waals surface area (Å²) >= 11 is 0. The van der Waals surface area contributed by atoms with Gasteiger partial charge in [-0.3, -0.25) is 0 Å². The van der Waals surface area contributed by atoms with E-state index in [1.807, 2.05) is 0 Å².